The molecule has 0 atom stereocenters. The zero-order valence-corrected chi connectivity index (χ0v) is 24.1. The predicted octanol–water partition coefficient (Wildman–Crippen LogP) is 6.77. The second-order valence-electron chi connectivity index (χ2n) is 10.9. The molecule has 1 amide bonds. The number of benzene rings is 2. The maximum Gasteiger partial charge on any atom is 0.306 e. The van der Waals surface area contributed by atoms with Gasteiger partial charge in [0, 0.05) is 37.0 Å². The fraction of sp³-hybridized carbons (Fsp3) is 0.438. The molecular formula is C32H36ClFN4O3. The standard InChI is InChI=1S/C32H36ClFN4O3/c1-2-41-29(39)18-21-6-8-23(9-7-21)31(40)38-16-14-27(15-17-38)36-32-35-20-28(33)30(37-32)25-5-3-4-24(19-25)22-10-12-26(34)13-11-22/h3-5,10-13,19-21,23,27H,2,6-9,14-18H2,1H3,(H,35,36,37)/t21-,23+. The van der Waals surface area contributed by atoms with Gasteiger partial charge in [-0.2, -0.15) is 0 Å². The number of aromatic nitrogens is 2. The van der Waals surface area contributed by atoms with Crippen LogP contribution in [0.4, 0.5) is 10.3 Å². The number of carbonyl (C=O) groups excluding carboxylic acids is 2. The number of hydrogen-bond donors (Lipinski definition) is 1. The minimum absolute atomic E-state index is 0.0470. The van der Waals surface area contributed by atoms with Crippen molar-refractivity contribution in [3.63, 3.8) is 0 Å². The van der Waals surface area contributed by atoms with Gasteiger partial charge in [0.15, 0.2) is 0 Å². The molecule has 1 aromatic heterocycles. The van der Waals surface area contributed by atoms with Gasteiger partial charge >= 0.3 is 5.97 Å². The second kappa shape index (κ2) is 13.4. The maximum absolute atomic E-state index is 13.4. The first-order valence-electron chi connectivity index (χ1n) is 14.5. The molecule has 2 aromatic carbocycles. The first-order chi connectivity index (χ1) is 19.9. The molecule has 0 bridgehead atoms. The molecule has 5 rings (SSSR count). The number of nitrogens with one attached hydrogen (secondary N) is 1. The molecule has 1 saturated carbocycles. The van der Waals surface area contributed by atoms with Gasteiger partial charge in [-0.05, 0) is 80.7 Å². The minimum Gasteiger partial charge on any atom is -0.466 e. The Kier molecular flexibility index (Phi) is 9.49. The number of esters is 1. The van der Waals surface area contributed by atoms with Crippen LogP contribution in [0.5, 0.6) is 0 Å². The van der Waals surface area contributed by atoms with E-state index in [2.05, 4.69) is 10.3 Å². The lowest BCUT2D eigenvalue weighted by Gasteiger charge is -2.36. The molecule has 2 fully saturated rings. The summed E-state index contributed by atoms with van der Waals surface area (Å²) in [5.41, 5.74) is 3.32. The monoisotopic (exact) mass is 578 g/mol. The normalized spacial score (nSPS) is 19.5. The average molecular weight is 579 g/mol. The summed E-state index contributed by atoms with van der Waals surface area (Å²) in [7, 11) is 0. The third kappa shape index (κ3) is 7.41. The topological polar surface area (TPSA) is 84.4 Å². The Bertz CT molecular complexity index is 1350. The molecule has 0 spiro atoms. The molecule has 41 heavy (non-hydrogen) atoms. The molecule has 0 radical (unpaired) electrons. The van der Waals surface area contributed by atoms with E-state index < -0.39 is 0 Å². The van der Waals surface area contributed by atoms with Crippen molar-refractivity contribution in [2.45, 2.75) is 57.9 Å². The van der Waals surface area contributed by atoms with Crippen LogP contribution >= 0.6 is 11.6 Å². The van der Waals surface area contributed by atoms with Crippen molar-refractivity contribution in [3.05, 3.63) is 65.6 Å². The van der Waals surface area contributed by atoms with Crippen LogP contribution < -0.4 is 5.32 Å². The summed E-state index contributed by atoms with van der Waals surface area (Å²) in [6.07, 6.45) is 7.16. The quantitative estimate of drug-likeness (QED) is 0.297. The number of halogens is 2. The summed E-state index contributed by atoms with van der Waals surface area (Å²) in [6, 6.07) is 14.4. The Morgan fingerprint density at radius 3 is 2.41 bits per heavy atom. The van der Waals surface area contributed by atoms with Crippen LogP contribution in [0, 0.1) is 17.7 Å². The summed E-state index contributed by atoms with van der Waals surface area (Å²) in [5, 5.41) is 3.89. The number of anilines is 1. The van der Waals surface area contributed by atoms with Crippen LogP contribution in [0.15, 0.2) is 54.7 Å². The first-order valence-corrected chi connectivity index (χ1v) is 14.9. The van der Waals surface area contributed by atoms with E-state index in [0.717, 1.165) is 55.2 Å². The summed E-state index contributed by atoms with van der Waals surface area (Å²) in [5.74, 6) is 0.704. The van der Waals surface area contributed by atoms with E-state index in [1.165, 1.54) is 12.1 Å². The van der Waals surface area contributed by atoms with Crippen LogP contribution in [0.3, 0.4) is 0 Å². The Labute approximate surface area is 245 Å². The lowest BCUT2D eigenvalue weighted by molar-refractivity contribution is -0.144. The van der Waals surface area contributed by atoms with Crippen molar-refractivity contribution < 1.29 is 18.7 Å². The Morgan fingerprint density at radius 1 is 1.00 bits per heavy atom. The number of likely N-dealkylation sites (tertiary alicyclic amines) is 1. The van der Waals surface area contributed by atoms with Crippen LogP contribution in [0.2, 0.25) is 5.02 Å². The van der Waals surface area contributed by atoms with Crippen molar-refractivity contribution >= 4 is 29.4 Å². The van der Waals surface area contributed by atoms with Crippen molar-refractivity contribution in [2.75, 3.05) is 25.0 Å². The third-order valence-electron chi connectivity index (χ3n) is 8.15. The zero-order chi connectivity index (χ0) is 28.8. The van der Waals surface area contributed by atoms with Gasteiger partial charge in [-0.3, -0.25) is 9.59 Å². The highest BCUT2D eigenvalue weighted by atomic mass is 35.5. The highest BCUT2D eigenvalue weighted by molar-refractivity contribution is 6.32. The van der Waals surface area contributed by atoms with E-state index in [9.17, 15) is 14.0 Å². The van der Waals surface area contributed by atoms with Gasteiger partial charge in [0.1, 0.15) is 5.82 Å². The number of amides is 1. The number of nitrogens with zero attached hydrogens (tertiary/aromatic N) is 3. The van der Waals surface area contributed by atoms with Gasteiger partial charge < -0.3 is 15.0 Å². The zero-order valence-electron chi connectivity index (χ0n) is 23.3. The van der Waals surface area contributed by atoms with Gasteiger partial charge in [0.25, 0.3) is 0 Å². The SMILES string of the molecule is CCOC(=O)C[C@H]1CC[C@@H](C(=O)N2CCC(Nc3ncc(Cl)c(-c4cccc(-c5ccc(F)cc5)c4)n3)CC2)CC1. The number of hydrogen-bond acceptors (Lipinski definition) is 6. The van der Waals surface area contributed by atoms with Crippen molar-refractivity contribution in [1.29, 1.82) is 0 Å². The van der Waals surface area contributed by atoms with Gasteiger partial charge in [0.2, 0.25) is 11.9 Å². The van der Waals surface area contributed by atoms with Gasteiger partial charge in [-0.25, -0.2) is 14.4 Å². The number of rotatable bonds is 8. The fourth-order valence-electron chi connectivity index (χ4n) is 5.88. The highest BCUT2D eigenvalue weighted by Gasteiger charge is 2.32. The number of ether oxygens (including phenoxy) is 1. The Hall–Kier alpha value is -3.52. The Morgan fingerprint density at radius 2 is 1.71 bits per heavy atom. The fourth-order valence-corrected chi connectivity index (χ4v) is 6.08. The lowest BCUT2D eigenvalue weighted by atomic mass is 9.79. The van der Waals surface area contributed by atoms with Crippen LogP contribution in [0.1, 0.15) is 51.9 Å². The molecule has 2 aliphatic rings. The maximum atomic E-state index is 13.4. The van der Waals surface area contributed by atoms with Crippen LogP contribution in [-0.2, 0) is 14.3 Å². The lowest BCUT2D eigenvalue weighted by Crippen LogP contribution is -2.45. The molecule has 1 N–H and O–H groups in total. The van der Waals surface area contributed by atoms with E-state index >= 15 is 0 Å². The molecule has 2 heterocycles. The molecule has 3 aromatic rings. The molecule has 1 saturated heterocycles. The van der Waals surface area contributed by atoms with E-state index in [4.69, 9.17) is 21.3 Å². The predicted molar refractivity (Wildman–Crippen MR) is 158 cm³/mol. The summed E-state index contributed by atoms with van der Waals surface area (Å²) < 4.78 is 18.5. The van der Waals surface area contributed by atoms with Crippen molar-refractivity contribution in [2.24, 2.45) is 11.8 Å². The second-order valence-corrected chi connectivity index (χ2v) is 11.4. The number of carbonyl (C=O) groups is 2. The minimum atomic E-state index is -0.274. The smallest absolute Gasteiger partial charge is 0.306 e. The van der Waals surface area contributed by atoms with Crippen molar-refractivity contribution in [3.8, 4) is 22.4 Å². The summed E-state index contributed by atoms with van der Waals surface area (Å²) in [4.78, 5) is 36.1. The third-order valence-corrected chi connectivity index (χ3v) is 8.43. The van der Waals surface area contributed by atoms with E-state index in [0.29, 0.717) is 48.7 Å². The summed E-state index contributed by atoms with van der Waals surface area (Å²) >= 11 is 6.50. The highest BCUT2D eigenvalue weighted by Crippen LogP contribution is 2.33. The molecule has 216 valence electrons. The largest absolute Gasteiger partial charge is 0.466 e. The molecule has 0 unspecified atom stereocenters. The molecule has 7 nitrogen and oxygen atoms in total. The number of piperidine rings is 1. The van der Waals surface area contributed by atoms with Crippen molar-refractivity contribution in [1.82, 2.24) is 14.9 Å². The van der Waals surface area contributed by atoms with Gasteiger partial charge in [-0.1, -0.05) is 41.9 Å². The van der Waals surface area contributed by atoms with E-state index in [1.54, 1.807) is 18.3 Å². The van der Waals surface area contributed by atoms with Crippen LogP contribution in [0.25, 0.3) is 22.4 Å². The first kappa shape index (κ1) is 29.0. The average Bonchev–Trinajstić information content (AvgIpc) is 2.99. The van der Waals surface area contributed by atoms with Crippen LogP contribution in [-0.4, -0.2) is 52.5 Å². The molecular weight excluding hydrogens is 543 g/mol. The van der Waals surface area contributed by atoms with Gasteiger partial charge in [0.05, 0.1) is 23.5 Å². The summed E-state index contributed by atoms with van der Waals surface area (Å²) in [6.45, 7) is 3.62. The molecule has 9 heteroatoms. The van der Waals surface area contributed by atoms with Gasteiger partial charge in [-0.15, -0.1) is 0 Å². The molecule has 1 aliphatic carbocycles. The molecule has 1 aliphatic heterocycles. The Balaban J connectivity index is 1.15. The van der Waals surface area contributed by atoms with E-state index in [-0.39, 0.29) is 29.7 Å². The van der Waals surface area contributed by atoms with E-state index in [1.807, 2.05) is 36.1 Å².